The Hall–Kier alpha value is -2.04. The molecule has 3 rings (SSSR count). The summed E-state index contributed by atoms with van der Waals surface area (Å²) in [6, 6.07) is 11.6. The molecule has 0 bridgehead atoms. The zero-order valence-corrected chi connectivity index (χ0v) is 11.6. The zero-order valence-electron chi connectivity index (χ0n) is 10.1. The Labute approximate surface area is 124 Å². The van der Waals surface area contributed by atoms with E-state index in [0.29, 0.717) is 27.6 Å². The summed E-state index contributed by atoms with van der Waals surface area (Å²) in [5.41, 5.74) is 1.72. The number of hydrogen-bond donors (Lipinski definition) is 1. The molecule has 2 aromatic carbocycles. The van der Waals surface area contributed by atoms with Crippen LogP contribution in [0.1, 0.15) is 10.4 Å². The van der Waals surface area contributed by atoms with Crippen molar-refractivity contribution in [1.82, 2.24) is 0 Å². The van der Waals surface area contributed by atoms with E-state index in [4.69, 9.17) is 23.2 Å². The fourth-order valence-corrected chi connectivity index (χ4v) is 2.53. The van der Waals surface area contributed by atoms with Crippen molar-refractivity contribution in [3.05, 3.63) is 53.1 Å². The van der Waals surface area contributed by atoms with E-state index in [9.17, 15) is 9.59 Å². The van der Waals surface area contributed by atoms with E-state index in [1.165, 1.54) is 4.90 Å². The van der Waals surface area contributed by atoms with E-state index >= 15 is 0 Å². The second kappa shape index (κ2) is 4.81. The van der Waals surface area contributed by atoms with Crippen LogP contribution in [-0.2, 0) is 0 Å². The van der Waals surface area contributed by atoms with Gasteiger partial charge in [-0.15, -0.1) is 0 Å². The van der Waals surface area contributed by atoms with E-state index in [1.54, 1.807) is 42.5 Å². The van der Waals surface area contributed by atoms with E-state index in [-0.39, 0.29) is 5.91 Å². The summed E-state index contributed by atoms with van der Waals surface area (Å²) < 4.78 is 0. The van der Waals surface area contributed by atoms with Gasteiger partial charge in [0.15, 0.2) is 0 Å². The average molecular weight is 307 g/mol. The van der Waals surface area contributed by atoms with Crippen LogP contribution >= 0.6 is 23.2 Å². The maximum atomic E-state index is 12.2. The van der Waals surface area contributed by atoms with Crippen molar-refractivity contribution in [3.63, 3.8) is 0 Å². The number of fused-ring (bicyclic) bond motifs is 2. The Morgan fingerprint density at radius 2 is 1.85 bits per heavy atom. The highest BCUT2D eigenvalue weighted by atomic mass is 35.5. The van der Waals surface area contributed by atoms with Gasteiger partial charge in [-0.1, -0.05) is 23.7 Å². The number of anilines is 3. The highest BCUT2D eigenvalue weighted by molar-refractivity contribution is 6.67. The third-order valence-electron chi connectivity index (χ3n) is 3.01. The normalized spacial score (nSPS) is 13.1. The number of rotatable bonds is 0. The topological polar surface area (TPSA) is 49.4 Å². The van der Waals surface area contributed by atoms with Crippen LogP contribution in [0, 0.1) is 0 Å². The molecule has 0 radical (unpaired) electrons. The quantitative estimate of drug-likeness (QED) is 0.579. The average Bonchev–Trinajstić information content (AvgIpc) is 2.53. The van der Waals surface area contributed by atoms with Gasteiger partial charge < -0.3 is 5.32 Å². The van der Waals surface area contributed by atoms with Gasteiger partial charge in [-0.3, -0.25) is 14.5 Å². The van der Waals surface area contributed by atoms with Crippen LogP contribution in [0.3, 0.4) is 0 Å². The van der Waals surface area contributed by atoms with Crippen molar-refractivity contribution in [2.45, 2.75) is 0 Å². The first-order chi connectivity index (χ1) is 9.58. The van der Waals surface area contributed by atoms with Crippen LogP contribution in [0.2, 0.25) is 5.02 Å². The van der Waals surface area contributed by atoms with Crippen LogP contribution in [0.4, 0.5) is 21.9 Å². The van der Waals surface area contributed by atoms with Crippen molar-refractivity contribution in [2.75, 3.05) is 10.2 Å². The molecule has 0 atom stereocenters. The van der Waals surface area contributed by atoms with Crippen LogP contribution in [0.5, 0.6) is 0 Å². The molecule has 6 heteroatoms. The summed E-state index contributed by atoms with van der Waals surface area (Å²) in [5.74, 6) is -0.315. The molecule has 1 N–H and O–H groups in total. The third-order valence-corrected chi connectivity index (χ3v) is 3.42. The smallest absolute Gasteiger partial charge is 0.320 e. The predicted molar refractivity (Wildman–Crippen MR) is 79.2 cm³/mol. The summed E-state index contributed by atoms with van der Waals surface area (Å²) in [6.07, 6.45) is 0. The zero-order chi connectivity index (χ0) is 14.3. The Balaban J connectivity index is 2.31. The minimum absolute atomic E-state index is 0.315. The Morgan fingerprint density at radius 1 is 1.10 bits per heavy atom. The predicted octanol–water partition coefficient (Wildman–Crippen LogP) is 4.40. The van der Waals surface area contributed by atoms with Gasteiger partial charge in [-0.05, 0) is 41.9 Å². The molecule has 1 aliphatic heterocycles. The number of hydrogen-bond acceptors (Lipinski definition) is 2. The molecule has 1 aliphatic rings. The van der Waals surface area contributed by atoms with E-state index < -0.39 is 5.37 Å². The van der Waals surface area contributed by atoms with Crippen LogP contribution in [0.15, 0.2) is 42.5 Å². The molecule has 1 heterocycles. The maximum Gasteiger partial charge on any atom is 0.325 e. The van der Waals surface area contributed by atoms with Gasteiger partial charge in [-0.2, -0.15) is 0 Å². The van der Waals surface area contributed by atoms with Gasteiger partial charge in [-0.25, -0.2) is 0 Å². The first kappa shape index (κ1) is 13.0. The maximum absolute atomic E-state index is 12.2. The van der Waals surface area contributed by atoms with E-state index in [1.807, 2.05) is 0 Å². The second-order valence-electron chi connectivity index (χ2n) is 4.22. The second-order valence-corrected chi connectivity index (χ2v) is 4.98. The minimum atomic E-state index is -0.697. The number of halogens is 2. The summed E-state index contributed by atoms with van der Waals surface area (Å²) in [7, 11) is 0. The van der Waals surface area contributed by atoms with Gasteiger partial charge in [0.25, 0.3) is 5.91 Å². The van der Waals surface area contributed by atoms with Gasteiger partial charge in [0.2, 0.25) is 0 Å². The SMILES string of the molecule is O=C1Nc2cc(Cl)ccc2N(C(=O)Cl)c2ccccc21. The van der Waals surface area contributed by atoms with Crippen molar-refractivity contribution in [3.8, 4) is 0 Å². The van der Waals surface area contributed by atoms with E-state index in [0.717, 1.165) is 0 Å². The summed E-state index contributed by atoms with van der Waals surface area (Å²) in [4.78, 5) is 25.3. The first-order valence-electron chi connectivity index (χ1n) is 5.77. The molecule has 0 spiro atoms. The standard InChI is InChI=1S/C14H8Cl2N2O2/c15-8-5-6-12-10(7-8)17-13(19)9-3-1-2-4-11(9)18(12)14(16)20/h1-7H,(H,17,19). The molecule has 0 aromatic heterocycles. The molecule has 2 amide bonds. The van der Waals surface area contributed by atoms with Crippen LogP contribution in [-0.4, -0.2) is 11.3 Å². The molecule has 2 aromatic rings. The van der Waals surface area contributed by atoms with Gasteiger partial charge in [0.1, 0.15) is 0 Å². The molecule has 100 valence electrons. The molecule has 0 saturated carbocycles. The molecule has 4 nitrogen and oxygen atoms in total. The number of para-hydroxylation sites is 1. The van der Waals surface area contributed by atoms with Gasteiger partial charge >= 0.3 is 5.37 Å². The van der Waals surface area contributed by atoms with Gasteiger partial charge in [0.05, 0.1) is 22.6 Å². The van der Waals surface area contributed by atoms with E-state index in [2.05, 4.69) is 5.32 Å². The molecule has 0 unspecified atom stereocenters. The lowest BCUT2D eigenvalue weighted by Gasteiger charge is -2.20. The lowest BCUT2D eigenvalue weighted by atomic mass is 10.1. The molecule has 0 fully saturated rings. The minimum Gasteiger partial charge on any atom is -0.320 e. The van der Waals surface area contributed by atoms with Crippen molar-refractivity contribution >= 4 is 51.5 Å². The number of amides is 2. The number of nitrogens with zero attached hydrogens (tertiary/aromatic N) is 1. The summed E-state index contributed by atoms with van der Waals surface area (Å²) >= 11 is 11.6. The lowest BCUT2D eigenvalue weighted by molar-refractivity contribution is 0.102. The highest BCUT2D eigenvalue weighted by Crippen LogP contribution is 2.39. The highest BCUT2D eigenvalue weighted by Gasteiger charge is 2.28. The van der Waals surface area contributed by atoms with Gasteiger partial charge in [0, 0.05) is 5.02 Å². The Morgan fingerprint density at radius 3 is 2.60 bits per heavy atom. The number of nitrogens with one attached hydrogen (secondary N) is 1. The lowest BCUT2D eigenvalue weighted by Crippen LogP contribution is -2.20. The summed E-state index contributed by atoms with van der Waals surface area (Å²) in [5, 5.41) is 2.49. The molecular weight excluding hydrogens is 299 g/mol. The Kier molecular flexibility index (Phi) is 3.12. The van der Waals surface area contributed by atoms with Crippen molar-refractivity contribution < 1.29 is 9.59 Å². The summed E-state index contributed by atoms with van der Waals surface area (Å²) in [6.45, 7) is 0. The number of carbonyl (C=O) groups excluding carboxylic acids is 2. The molecule has 0 aliphatic carbocycles. The fraction of sp³-hybridized carbons (Fsp3) is 0. The van der Waals surface area contributed by atoms with Crippen LogP contribution < -0.4 is 10.2 Å². The molecular formula is C14H8Cl2N2O2. The third kappa shape index (κ3) is 2.03. The molecule has 0 saturated heterocycles. The fourth-order valence-electron chi connectivity index (χ4n) is 2.17. The number of carbonyl (C=O) groups is 2. The van der Waals surface area contributed by atoms with Crippen molar-refractivity contribution in [1.29, 1.82) is 0 Å². The van der Waals surface area contributed by atoms with Crippen molar-refractivity contribution in [2.24, 2.45) is 0 Å². The monoisotopic (exact) mass is 306 g/mol. The van der Waals surface area contributed by atoms with Crippen LogP contribution in [0.25, 0.3) is 0 Å². The Bertz CT molecular complexity index is 731. The molecule has 20 heavy (non-hydrogen) atoms. The number of benzene rings is 2. The first-order valence-corrected chi connectivity index (χ1v) is 6.53. The largest absolute Gasteiger partial charge is 0.325 e.